The van der Waals surface area contributed by atoms with Crippen molar-refractivity contribution in [2.24, 2.45) is 0 Å². The number of carbonyl (C=O) groups is 1. The quantitative estimate of drug-likeness (QED) is 0.572. The molecular weight excluding hydrogens is 388 g/mol. The summed E-state index contributed by atoms with van der Waals surface area (Å²) in [6, 6.07) is 1.09. The van der Waals surface area contributed by atoms with E-state index in [1.807, 2.05) is 6.92 Å². The Balaban J connectivity index is 1.94. The lowest BCUT2D eigenvalue weighted by atomic mass is 9.84. The molecule has 0 fully saturated rings. The number of aromatic hydroxyl groups is 2. The van der Waals surface area contributed by atoms with Crippen molar-refractivity contribution in [1.82, 2.24) is 0 Å². The van der Waals surface area contributed by atoms with Gasteiger partial charge in [-0.25, -0.2) is 9.59 Å². The number of fused-ring (bicyclic) bond motifs is 4. The molecule has 0 bridgehead atoms. The van der Waals surface area contributed by atoms with Crippen molar-refractivity contribution in [3.63, 3.8) is 0 Å². The van der Waals surface area contributed by atoms with Crippen LogP contribution in [0, 0.1) is 13.8 Å². The van der Waals surface area contributed by atoms with Gasteiger partial charge in [0.25, 0.3) is 5.79 Å². The molecule has 158 valence electrons. The summed E-state index contributed by atoms with van der Waals surface area (Å²) in [5.74, 6) is -1.98. The Morgan fingerprint density at radius 3 is 2.43 bits per heavy atom. The fourth-order valence-corrected chi connectivity index (χ4v) is 4.12. The SMILES string of the molecule is CCCCCc1oc(=O)c2c(c1C)O[C@]1(C)OC(=O)c3c(O)cc(O)c(C)c3C1=C2. The molecule has 4 rings (SSSR count). The number of benzene rings is 1. The molecule has 0 saturated carbocycles. The van der Waals surface area contributed by atoms with Gasteiger partial charge >= 0.3 is 11.6 Å². The second-order valence-corrected chi connectivity index (χ2v) is 7.92. The first-order valence-corrected chi connectivity index (χ1v) is 10.0. The zero-order valence-electron chi connectivity index (χ0n) is 17.4. The van der Waals surface area contributed by atoms with Crippen molar-refractivity contribution in [3.05, 3.63) is 50.1 Å². The molecular formula is C23H24O7. The predicted octanol–water partition coefficient (Wildman–Crippen LogP) is 4.22. The first-order valence-electron chi connectivity index (χ1n) is 10.0. The Kier molecular flexibility index (Phi) is 4.64. The van der Waals surface area contributed by atoms with E-state index < -0.39 is 23.1 Å². The maximum atomic E-state index is 12.7. The summed E-state index contributed by atoms with van der Waals surface area (Å²) in [5, 5.41) is 20.4. The largest absolute Gasteiger partial charge is 0.508 e. The number of rotatable bonds is 4. The van der Waals surface area contributed by atoms with E-state index >= 15 is 0 Å². The zero-order valence-corrected chi connectivity index (χ0v) is 17.4. The topological polar surface area (TPSA) is 106 Å². The summed E-state index contributed by atoms with van der Waals surface area (Å²) >= 11 is 0. The second-order valence-electron chi connectivity index (χ2n) is 7.92. The highest BCUT2D eigenvalue weighted by atomic mass is 16.7. The minimum Gasteiger partial charge on any atom is -0.508 e. The molecule has 3 heterocycles. The van der Waals surface area contributed by atoms with Crippen molar-refractivity contribution >= 4 is 17.6 Å². The van der Waals surface area contributed by atoms with E-state index in [0.717, 1.165) is 25.3 Å². The van der Waals surface area contributed by atoms with Crippen LogP contribution in [0.3, 0.4) is 0 Å². The summed E-state index contributed by atoms with van der Waals surface area (Å²) in [7, 11) is 0. The van der Waals surface area contributed by atoms with Gasteiger partial charge in [0.05, 0.1) is 0 Å². The first kappa shape index (κ1) is 20.1. The lowest BCUT2D eigenvalue weighted by Gasteiger charge is -2.40. The molecule has 30 heavy (non-hydrogen) atoms. The van der Waals surface area contributed by atoms with Gasteiger partial charge in [-0.05, 0) is 31.9 Å². The van der Waals surface area contributed by atoms with Crippen molar-refractivity contribution in [3.8, 4) is 17.2 Å². The number of carbonyl (C=O) groups excluding carboxylic acids is 1. The zero-order chi connectivity index (χ0) is 21.8. The van der Waals surface area contributed by atoms with Crippen molar-refractivity contribution < 1.29 is 28.9 Å². The number of unbranched alkanes of at least 4 members (excludes halogenated alkanes) is 2. The normalized spacial score (nSPS) is 19.2. The van der Waals surface area contributed by atoms with Gasteiger partial charge in [-0.15, -0.1) is 0 Å². The fraction of sp³-hybridized carbons (Fsp3) is 0.391. The minimum absolute atomic E-state index is 0.0710. The van der Waals surface area contributed by atoms with E-state index in [9.17, 15) is 19.8 Å². The van der Waals surface area contributed by atoms with Crippen molar-refractivity contribution in [2.45, 2.75) is 59.2 Å². The van der Waals surface area contributed by atoms with Gasteiger partial charge in [-0.2, -0.15) is 0 Å². The maximum absolute atomic E-state index is 12.7. The smallest absolute Gasteiger partial charge is 0.347 e. The molecule has 7 nitrogen and oxygen atoms in total. The second kappa shape index (κ2) is 6.93. The Bertz CT molecular complexity index is 1160. The number of esters is 1. The van der Waals surface area contributed by atoms with Gasteiger partial charge in [0, 0.05) is 36.1 Å². The van der Waals surface area contributed by atoms with E-state index in [4.69, 9.17) is 13.9 Å². The maximum Gasteiger partial charge on any atom is 0.347 e. The highest BCUT2D eigenvalue weighted by Gasteiger charge is 2.48. The Hall–Kier alpha value is -3.22. The summed E-state index contributed by atoms with van der Waals surface area (Å²) in [4.78, 5) is 25.4. The van der Waals surface area contributed by atoms with Crippen LogP contribution in [0.1, 0.15) is 71.5 Å². The predicted molar refractivity (Wildman–Crippen MR) is 110 cm³/mol. The van der Waals surface area contributed by atoms with Gasteiger partial charge in [0.15, 0.2) is 0 Å². The molecule has 0 amide bonds. The van der Waals surface area contributed by atoms with Crippen LogP contribution in [0.15, 0.2) is 15.3 Å². The molecule has 0 aliphatic carbocycles. The summed E-state index contributed by atoms with van der Waals surface area (Å²) < 4.78 is 17.2. The summed E-state index contributed by atoms with van der Waals surface area (Å²) in [6.45, 7) is 7.10. The lowest BCUT2D eigenvalue weighted by molar-refractivity contribution is -0.0918. The first-order chi connectivity index (χ1) is 14.2. The van der Waals surface area contributed by atoms with Gasteiger partial charge in [0.1, 0.15) is 34.1 Å². The van der Waals surface area contributed by atoms with Crippen molar-refractivity contribution in [1.29, 1.82) is 0 Å². The molecule has 2 N–H and O–H groups in total. The van der Waals surface area contributed by atoms with Crippen LogP contribution in [0.4, 0.5) is 0 Å². The summed E-state index contributed by atoms with van der Waals surface area (Å²) in [5.41, 5.74) is 1.32. The molecule has 0 spiro atoms. The van der Waals surface area contributed by atoms with Gasteiger partial charge < -0.3 is 24.1 Å². The molecule has 0 radical (unpaired) electrons. The molecule has 0 unspecified atom stereocenters. The van der Waals surface area contributed by atoms with Gasteiger partial charge in [-0.3, -0.25) is 0 Å². The molecule has 2 aliphatic heterocycles. The third kappa shape index (κ3) is 2.88. The van der Waals surface area contributed by atoms with Crippen LogP contribution in [0.2, 0.25) is 0 Å². The molecule has 0 saturated heterocycles. The number of hydrogen-bond acceptors (Lipinski definition) is 7. The van der Waals surface area contributed by atoms with E-state index in [0.29, 0.717) is 40.2 Å². The average molecular weight is 412 g/mol. The van der Waals surface area contributed by atoms with Gasteiger partial charge in [-0.1, -0.05) is 19.8 Å². The monoisotopic (exact) mass is 412 g/mol. The van der Waals surface area contributed by atoms with Gasteiger partial charge in [0.2, 0.25) is 0 Å². The highest BCUT2D eigenvalue weighted by molar-refractivity contribution is 6.07. The molecule has 7 heteroatoms. The van der Waals surface area contributed by atoms with Crippen LogP contribution < -0.4 is 10.4 Å². The van der Waals surface area contributed by atoms with E-state index in [-0.39, 0.29) is 16.9 Å². The fourth-order valence-electron chi connectivity index (χ4n) is 4.12. The Morgan fingerprint density at radius 1 is 1.00 bits per heavy atom. The Labute approximate surface area is 173 Å². The molecule has 2 aliphatic rings. The number of phenols is 2. The van der Waals surface area contributed by atoms with E-state index in [1.165, 1.54) is 0 Å². The third-order valence-electron chi connectivity index (χ3n) is 5.82. The molecule has 2 aromatic rings. The summed E-state index contributed by atoms with van der Waals surface area (Å²) in [6.07, 6.45) is 5.12. The highest BCUT2D eigenvalue weighted by Crippen LogP contribution is 2.50. The van der Waals surface area contributed by atoms with Crippen LogP contribution in [-0.2, 0) is 11.2 Å². The number of hydrogen-bond donors (Lipinski definition) is 2. The van der Waals surface area contributed by atoms with Crippen molar-refractivity contribution in [2.75, 3.05) is 0 Å². The van der Waals surface area contributed by atoms with Crippen LogP contribution >= 0.6 is 0 Å². The molecule has 1 aromatic heterocycles. The minimum atomic E-state index is -1.51. The van der Waals surface area contributed by atoms with E-state index in [1.54, 1.807) is 19.9 Å². The van der Waals surface area contributed by atoms with Crippen LogP contribution in [-0.4, -0.2) is 22.0 Å². The number of aryl methyl sites for hydroxylation is 1. The standard InChI is InChI=1S/C23H24O7/c1-5-6-7-8-17-12(3)20-13(21(26)28-17)9-14-18-11(2)15(24)10-16(25)19(18)22(27)30-23(14,4)29-20/h9-10,24-25H,5-8H2,1-4H3/t23-/m1/s1. The third-order valence-corrected chi connectivity index (χ3v) is 5.82. The Morgan fingerprint density at radius 2 is 1.73 bits per heavy atom. The van der Waals surface area contributed by atoms with Crippen LogP contribution in [0.25, 0.3) is 11.6 Å². The van der Waals surface area contributed by atoms with Crippen LogP contribution in [0.5, 0.6) is 17.2 Å². The number of ether oxygens (including phenoxy) is 2. The number of phenolic OH excluding ortho intramolecular Hbond substituents is 2. The average Bonchev–Trinajstić information content (AvgIpc) is 2.67. The molecule has 1 atom stereocenters. The van der Waals surface area contributed by atoms with E-state index in [2.05, 4.69) is 6.92 Å². The lowest BCUT2D eigenvalue weighted by Crippen LogP contribution is -2.45. The molecule has 1 aromatic carbocycles.